The van der Waals surface area contributed by atoms with Gasteiger partial charge in [0.05, 0.1) is 0 Å². The van der Waals surface area contributed by atoms with Crippen molar-refractivity contribution in [1.82, 2.24) is 0 Å². The third-order valence-electron chi connectivity index (χ3n) is 3.09. The lowest BCUT2D eigenvalue weighted by atomic mass is 9.80. The highest BCUT2D eigenvalue weighted by Crippen LogP contribution is 2.29. The molecule has 0 fully saturated rings. The van der Waals surface area contributed by atoms with Crippen molar-refractivity contribution in [3.63, 3.8) is 0 Å². The molecule has 0 aromatic carbocycles. The minimum Gasteiger partial charge on any atom is -0.303 e. The highest BCUT2D eigenvalue weighted by Gasteiger charge is 2.22. The van der Waals surface area contributed by atoms with Gasteiger partial charge in [-0.25, -0.2) is 0 Å². The zero-order valence-corrected chi connectivity index (χ0v) is 10.8. The van der Waals surface area contributed by atoms with Gasteiger partial charge in [-0.3, -0.25) is 0 Å². The molecule has 0 radical (unpaired) electrons. The van der Waals surface area contributed by atoms with Gasteiger partial charge in [-0.05, 0) is 38.5 Å². The van der Waals surface area contributed by atoms with E-state index in [1.165, 1.54) is 0 Å². The van der Waals surface area contributed by atoms with E-state index >= 15 is 0 Å². The van der Waals surface area contributed by atoms with Gasteiger partial charge in [0.25, 0.3) is 0 Å². The first kappa shape index (κ1) is 14.4. The molecule has 0 saturated carbocycles. The van der Waals surface area contributed by atoms with Crippen molar-refractivity contribution >= 4 is 6.29 Å². The van der Waals surface area contributed by atoms with Gasteiger partial charge in [0.15, 0.2) is 0 Å². The molecule has 2 unspecified atom stereocenters. The highest BCUT2D eigenvalue weighted by atomic mass is 16.1. The average Bonchev–Trinajstić information content (AvgIpc) is 2.24. The van der Waals surface area contributed by atoms with Gasteiger partial charge in [0.2, 0.25) is 0 Å². The maximum atomic E-state index is 11.0. The number of aldehydes is 1. The summed E-state index contributed by atoms with van der Waals surface area (Å²) in [5.74, 6) is 0.692. The van der Waals surface area contributed by atoms with Crippen molar-refractivity contribution in [2.45, 2.75) is 59.8 Å². The quantitative estimate of drug-likeness (QED) is 0.429. The van der Waals surface area contributed by atoms with Crippen molar-refractivity contribution in [3.05, 3.63) is 12.2 Å². The SMILES string of the molecule is C/C=C/CC(C)CCC(C)(C=O)CCC. The van der Waals surface area contributed by atoms with Crippen LogP contribution in [0.25, 0.3) is 0 Å². The van der Waals surface area contributed by atoms with Crippen LogP contribution in [0.3, 0.4) is 0 Å². The Hall–Kier alpha value is -0.590. The summed E-state index contributed by atoms with van der Waals surface area (Å²) >= 11 is 0. The normalized spacial score (nSPS) is 17.6. The lowest BCUT2D eigenvalue weighted by Gasteiger charge is -2.23. The second-order valence-corrected chi connectivity index (χ2v) is 4.97. The maximum Gasteiger partial charge on any atom is 0.125 e. The third-order valence-corrected chi connectivity index (χ3v) is 3.09. The fourth-order valence-electron chi connectivity index (χ4n) is 1.88. The molecule has 0 aromatic heterocycles. The molecule has 15 heavy (non-hydrogen) atoms. The number of rotatable bonds is 8. The van der Waals surface area contributed by atoms with Crippen LogP contribution < -0.4 is 0 Å². The number of allylic oxidation sites excluding steroid dienone is 2. The Morgan fingerprint density at radius 2 is 2.00 bits per heavy atom. The molecule has 1 heteroatoms. The summed E-state index contributed by atoms with van der Waals surface area (Å²) in [6.07, 6.45) is 10.9. The van der Waals surface area contributed by atoms with Crippen molar-refractivity contribution in [2.75, 3.05) is 0 Å². The zero-order valence-electron chi connectivity index (χ0n) is 10.8. The smallest absolute Gasteiger partial charge is 0.125 e. The highest BCUT2D eigenvalue weighted by molar-refractivity contribution is 5.58. The van der Waals surface area contributed by atoms with Crippen LogP contribution >= 0.6 is 0 Å². The lowest BCUT2D eigenvalue weighted by molar-refractivity contribution is -0.116. The fraction of sp³-hybridized carbons (Fsp3) is 0.786. The molecule has 0 aliphatic carbocycles. The third kappa shape index (κ3) is 6.48. The molecule has 0 aliphatic heterocycles. The molecule has 0 spiro atoms. The minimum absolute atomic E-state index is 0.0844. The molecule has 0 bridgehead atoms. The Bertz CT molecular complexity index is 196. The number of carbonyl (C=O) groups excluding carboxylic acids is 1. The van der Waals surface area contributed by atoms with Crippen molar-refractivity contribution < 1.29 is 4.79 Å². The van der Waals surface area contributed by atoms with E-state index in [0.717, 1.165) is 38.4 Å². The summed E-state index contributed by atoms with van der Waals surface area (Å²) in [5, 5.41) is 0. The van der Waals surface area contributed by atoms with Crippen LogP contribution in [0.1, 0.15) is 59.8 Å². The molecule has 0 amide bonds. The predicted octanol–water partition coefficient (Wildman–Crippen LogP) is 4.37. The van der Waals surface area contributed by atoms with E-state index in [1.807, 2.05) is 0 Å². The maximum absolute atomic E-state index is 11.0. The molecule has 0 rings (SSSR count). The molecule has 1 nitrogen and oxygen atoms in total. The Morgan fingerprint density at radius 3 is 2.47 bits per heavy atom. The Labute approximate surface area is 95.0 Å². The molecular formula is C14H26O. The Kier molecular flexibility index (Phi) is 7.37. The fourth-order valence-corrected chi connectivity index (χ4v) is 1.88. The number of carbonyl (C=O) groups is 1. The average molecular weight is 210 g/mol. The molecular weight excluding hydrogens is 184 g/mol. The van der Waals surface area contributed by atoms with Gasteiger partial charge >= 0.3 is 0 Å². The van der Waals surface area contributed by atoms with Crippen molar-refractivity contribution in [1.29, 1.82) is 0 Å². The van der Waals surface area contributed by atoms with E-state index in [4.69, 9.17) is 0 Å². The lowest BCUT2D eigenvalue weighted by Crippen LogP contribution is -2.18. The van der Waals surface area contributed by atoms with Gasteiger partial charge in [0.1, 0.15) is 6.29 Å². The van der Waals surface area contributed by atoms with Crippen LogP contribution in [-0.4, -0.2) is 6.29 Å². The topological polar surface area (TPSA) is 17.1 Å². The predicted molar refractivity (Wildman–Crippen MR) is 66.9 cm³/mol. The summed E-state index contributed by atoms with van der Waals surface area (Å²) in [6, 6.07) is 0. The molecule has 0 aromatic rings. The molecule has 2 atom stereocenters. The van der Waals surface area contributed by atoms with Crippen LogP contribution in [-0.2, 0) is 4.79 Å². The first-order chi connectivity index (χ1) is 7.08. The van der Waals surface area contributed by atoms with E-state index in [2.05, 4.69) is 39.8 Å². The first-order valence-electron chi connectivity index (χ1n) is 6.15. The zero-order chi connectivity index (χ0) is 11.7. The summed E-state index contributed by atoms with van der Waals surface area (Å²) in [4.78, 5) is 11.0. The standard InChI is InChI=1S/C14H26O/c1-5-7-8-13(3)9-11-14(4,12-15)10-6-2/h5,7,12-13H,6,8-11H2,1-4H3/b7-5+. The molecule has 88 valence electrons. The summed E-state index contributed by atoms with van der Waals surface area (Å²) < 4.78 is 0. The molecule has 0 heterocycles. The second-order valence-electron chi connectivity index (χ2n) is 4.97. The van der Waals surface area contributed by atoms with Gasteiger partial charge in [0, 0.05) is 5.41 Å². The van der Waals surface area contributed by atoms with E-state index < -0.39 is 0 Å². The summed E-state index contributed by atoms with van der Waals surface area (Å²) in [6.45, 7) is 8.55. The number of hydrogen-bond donors (Lipinski definition) is 0. The van der Waals surface area contributed by atoms with Gasteiger partial charge in [-0.1, -0.05) is 39.3 Å². The van der Waals surface area contributed by atoms with E-state index in [1.54, 1.807) is 0 Å². The van der Waals surface area contributed by atoms with Crippen molar-refractivity contribution in [3.8, 4) is 0 Å². The van der Waals surface area contributed by atoms with Crippen LogP contribution in [0.2, 0.25) is 0 Å². The monoisotopic (exact) mass is 210 g/mol. The van der Waals surface area contributed by atoms with E-state index in [0.29, 0.717) is 5.92 Å². The largest absolute Gasteiger partial charge is 0.303 e. The summed E-state index contributed by atoms with van der Waals surface area (Å²) in [5.41, 5.74) is -0.0844. The van der Waals surface area contributed by atoms with Crippen LogP contribution in [0, 0.1) is 11.3 Å². The Morgan fingerprint density at radius 1 is 1.33 bits per heavy atom. The summed E-state index contributed by atoms with van der Waals surface area (Å²) in [7, 11) is 0. The van der Waals surface area contributed by atoms with Gasteiger partial charge < -0.3 is 4.79 Å². The van der Waals surface area contributed by atoms with Crippen LogP contribution in [0.15, 0.2) is 12.2 Å². The van der Waals surface area contributed by atoms with Crippen LogP contribution in [0.4, 0.5) is 0 Å². The minimum atomic E-state index is -0.0844. The van der Waals surface area contributed by atoms with E-state index in [-0.39, 0.29) is 5.41 Å². The number of hydrogen-bond acceptors (Lipinski definition) is 1. The van der Waals surface area contributed by atoms with Crippen molar-refractivity contribution in [2.24, 2.45) is 11.3 Å². The second kappa shape index (κ2) is 7.67. The van der Waals surface area contributed by atoms with Gasteiger partial charge in [-0.15, -0.1) is 0 Å². The Balaban J connectivity index is 3.93. The van der Waals surface area contributed by atoms with Gasteiger partial charge in [-0.2, -0.15) is 0 Å². The molecule has 0 saturated heterocycles. The molecule has 0 N–H and O–H groups in total. The molecule has 0 aliphatic rings. The van der Waals surface area contributed by atoms with Crippen LogP contribution in [0.5, 0.6) is 0 Å². The first-order valence-corrected chi connectivity index (χ1v) is 6.15. The van der Waals surface area contributed by atoms with E-state index in [9.17, 15) is 4.79 Å².